The summed E-state index contributed by atoms with van der Waals surface area (Å²) in [6.07, 6.45) is 0. The lowest BCUT2D eigenvalue weighted by atomic mass is 10.0. The van der Waals surface area contributed by atoms with E-state index in [1.807, 2.05) is 50.4 Å². The molecule has 1 N–H and O–H groups in total. The molecule has 0 aromatic heterocycles. The first-order chi connectivity index (χ1) is 8.59. The van der Waals surface area contributed by atoms with Crippen LogP contribution in [0, 0.1) is 6.92 Å². The van der Waals surface area contributed by atoms with Gasteiger partial charge >= 0.3 is 0 Å². The van der Waals surface area contributed by atoms with Gasteiger partial charge in [0.05, 0.1) is 6.04 Å². The lowest BCUT2D eigenvalue weighted by molar-refractivity contribution is 0.462. The van der Waals surface area contributed by atoms with Gasteiger partial charge in [-0.15, -0.1) is 0 Å². The molecule has 18 heavy (non-hydrogen) atoms. The molecule has 0 aliphatic carbocycles. The Bertz CT molecular complexity index is 522. The van der Waals surface area contributed by atoms with E-state index in [2.05, 4.69) is 24.0 Å². The van der Waals surface area contributed by atoms with Crippen LogP contribution in [0.1, 0.15) is 24.1 Å². The number of benzene rings is 2. The van der Waals surface area contributed by atoms with Gasteiger partial charge < -0.3 is 10.0 Å². The number of nitrogens with zero attached hydrogens (tertiary/aromatic N) is 1. The van der Waals surface area contributed by atoms with Crippen molar-refractivity contribution in [1.29, 1.82) is 0 Å². The SMILES string of the molecule is Cc1ccc(C(C)N(C)c2ccccc2)c(O)c1. The van der Waals surface area contributed by atoms with Crippen LogP contribution < -0.4 is 4.90 Å². The fourth-order valence-electron chi connectivity index (χ4n) is 2.10. The van der Waals surface area contributed by atoms with E-state index in [4.69, 9.17) is 0 Å². The molecular formula is C16H19NO. The average Bonchev–Trinajstić information content (AvgIpc) is 2.38. The monoisotopic (exact) mass is 241 g/mol. The minimum Gasteiger partial charge on any atom is -0.508 e. The topological polar surface area (TPSA) is 23.5 Å². The summed E-state index contributed by atoms with van der Waals surface area (Å²) in [7, 11) is 2.04. The molecule has 2 heteroatoms. The predicted molar refractivity (Wildman–Crippen MR) is 76.1 cm³/mol. The molecule has 94 valence electrons. The highest BCUT2D eigenvalue weighted by molar-refractivity contribution is 5.50. The third-order valence-corrected chi connectivity index (χ3v) is 3.38. The number of phenols is 1. The van der Waals surface area contributed by atoms with Crippen LogP contribution in [0.25, 0.3) is 0 Å². The Labute approximate surface area is 109 Å². The molecule has 0 saturated heterocycles. The first kappa shape index (κ1) is 12.5. The van der Waals surface area contributed by atoms with Gasteiger partial charge in [-0.3, -0.25) is 0 Å². The van der Waals surface area contributed by atoms with E-state index in [0.29, 0.717) is 5.75 Å². The molecule has 0 aliphatic heterocycles. The summed E-state index contributed by atoms with van der Waals surface area (Å²) in [5.74, 6) is 0.366. The van der Waals surface area contributed by atoms with Crippen LogP contribution in [0.3, 0.4) is 0 Å². The smallest absolute Gasteiger partial charge is 0.121 e. The predicted octanol–water partition coefficient (Wildman–Crippen LogP) is 3.90. The Balaban J connectivity index is 2.28. The fourth-order valence-corrected chi connectivity index (χ4v) is 2.10. The Morgan fingerprint density at radius 1 is 1.06 bits per heavy atom. The van der Waals surface area contributed by atoms with Crippen LogP contribution >= 0.6 is 0 Å². The number of aryl methyl sites for hydroxylation is 1. The second-order valence-electron chi connectivity index (χ2n) is 4.68. The number of rotatable bonds is 3. The number of anilines is 1. The van der Waals surface area contributed by atoms with Crippen LogP contribution in [0.4, 0.5) is 5.69 Å². The van der Waals surface area contributed by atoms with E-state index in [1.54, 1.807) is 0 Å². The Hall–Kier alpha value is -1.96. The summed E-state index contributed by atoms with van der Waals surface area (Å²) in [4.78, 5) is 2.16. The van der Waals surface area contributed by atoms with E-state index >= 15 is 0 Å². The summed E-state index contributed by atoms with van der Waals surface area (Å²) in [5.41, 5.74) is 3.17. The number of hydrogen-bond donors (Lipinski definition) is 1. The van der Waals surface area contributed by atoms with E-state index in [9.17, 15) is 5.11 Å². The van der Waals surface area contributed by atoms with Crippen LogP contribution in [0.15, 0.2) is 48.5 Å². The van der Waals surface area contributed by atoms with Gasteiger partial charge in [-0.05, 0) is 37.6 Å². The third-order valence-electron chi connectivity index (χ3n) is 3.38. The molecular weight excluding hydrogens is 222 g/mol. The minimum atomic E-state index is 0.132. The van der Waals surface area contributed by atoms with Crippen molar-refractivity contribution in [2.45, 2.75) is 19.9 Å². The van der Waals surface area contributed by atoms with Gasteiger partial charge in [0.25, 0.3) is 0 Å². The maximum absolute atomic E-state index is 10.0. The van der Waals surface area contributed by atoms with Crippen molar-refractivity contribution >= 4 is 5.69 Å². The van der Waals surface area contributed by atoms with Gasteiger partial charge in [0.1, 0.15) is 5.75 Å². The lowest BCUT2D eigenvalue weighted by Crippen LogP contribution is -2.21. The fraction of sp³-hybridized carbons (Fsp3) is 0.250. The molecule has 0 radical (unpaired) electrons. The van der Waals surface area contributed by atoms with Gasteiger partial charge in [-0.25, -0.2) is 0 Å². The zero-order chi connectivity index (χ0) is 13.1. The van der Waals surface area contributed by atoms with Crippen molar-refractivity contribution in [3.63, 3.8) is 0 Å². The molecule has 0 aliphatic rings. The van der Waals surface area contributed by atoms with Crippen molar-refractivity contribution in [2.24, 2.45) is 0 Å². The molecule has 2 aromatic rings. The van der Waals surface area contributed by atoms with Crippen molar-refractivity contribution in [3.8, 4) is 5.75 Å². The molecule has 1 atom stereocenters. The first-order valence-electron chi connectivity index (χ1n) is 6.17. The molecule has 0 saturated carbocycles. The third kappa shape index (κ3) is 2.48. The van der Waals surface area contributed by atoms with Crippen molar-refractivity contribution in [2.75, 3.05) is 11.9 Å². The normalized spacial score (nSPS) is 12.2. The minimum absolute atomic E-state index is 0.132. The summed E-state index contributed by atoms with van der Waals surface area (Å²) in [6.45, 7) is 4.08. The maximum atomic E-state index is 10.0. The summed E-state index contributed by atoms with van der Waals surface area (Å²) in [6, 6.07) is 16.2. The molecule has 1 unspecified atom stereocenters. The second kappa shape index (κ2) is 5.13. The molecule has 2 nitrogen and oxygen atoms in total. The molecule has 2 rings (SSSR count). The summed E-state index contributed by atoms with van der Waals surface area (Å²) in [5, 5.41) is 10.0. The van der Waals surface area contributed by atoms with Gasteiger partial charge in [0.2, 0.25) is 0 Å². The number of phenolic OH excluding ortho intramolecular Hbond substituents is 1. The number of aromatic hydroxyl groups is 1. The molecule has 0 fully saturated rings. The van der Waals surface area contributed by atoms with Gasteiger partial charge in [-0.2, -0.15) is 0 Å². The van der Waals surface area contributed by atoms with E-state index in [-0.39, 0.29) is 6.04 Å². The quantitative estimate of drug-likeness (QED) is 0.881. The van der Waals surface area contributed by atoms with Gasteiger partial charge in [-0.1, -0.05) is 30.3 Å². The second-order valence-corrected chi connectivity index (χ2v) is 4.68. The molecule has 0 spiro atoms. The number of para-hydroxylation sites is 1. The molecule has 0 heterocycles. The lowest BCUT2D eigenvalue weighted by Gasteiger charge is -2.28. The van der Waals surface area contributed by atoms with E-state index < -0.39 is 0 Å². The largest absolute Gasteiger partial charge is 0.508 e. The van der Waals surface area contributed by atoms with Crippen molar-refractivity contribution < 1.29 is 5.11 Å². The summed E-state index contributed by atoms with van der Waals surface area (Å²) < 4.78 is 0. The van der Waals surface area contributed by atoms with Gasteiger partial charge in [0.15, 0.2) is 0 Å². The van der Waals surface area contributed by atoms with Crippen molar-refractivity contribution in [1.82, 2.24) is 0 Å². The first-order valence-corrected chi connectivity index (χ1v) is 6.17. The van der Waals surface area contributed by atoms with E-state index in [0.717, 1.165) is 16.8 Å². The van der Waals surface area contributed by atoms with Crippen LogP contribution in [-0.2, 0) is 0 Å². The highest BCUT2D eigenvalue weighted by Crippen LogP contribution is 2.31. The molecule has 2 aromatic carbocycles. The number of hydrogen-bond acceptors (Lipinski definition) is 2. The summed E-state index contributed by atoms with van der Waals surface area (Å²) >= 11 is 0. The Morgan fingerprint density at radius 2 is 1.72 bits per heavy atom. The zero-order valence-corrected chi connectivity index (χ0v) is 11.1. The van der Waals surface area contributed by atoms with E-state index in [1.165, 1.54) is 0 Å². The van der Waals surface area contributed by atoms with Crippen LogP contribution in [-0.4, -0.2) is 12.2 Å². The highest BCUT2D eigenvalue weighted by atomic mass is 16.3. The van der Waals surface area contributed by atoms with Crippen molar-refractivity contribution in [3.05, 3.63) is 59.7 Å². The highest BCUT2D eigenvalue weighted by Gasteiger charge is 2.15. The molecule has 0 bridgehead atoms. The Morgan fingerprint density at radius 3 is 2.33 bits per heavy atom. The average molecular weight is 241 g/mol. The molecule has 0 amide bonds. The van der Waals surface area contributed by atoms with Crippen LogP contribution in [0.2, 0.25) is 0 Å². The van der Waals surface area contributed by atoms with Crippen LogP contribution in [0.5, 0.6) is 5.75 Å². The zero-order valence-electron chi connectivity index (χ0n) is 11.1. The Kier molecular flexibility index (Phi) is 3.56. The maximum Gasteiger partial charge on any atom is 0.121 e. The standard InChI is InChI=1S/C16H19NO/c1-12-9-10-15(16(18)11-12)13(2)17(3)14-7-5-4-6-8-14/h4-11,13,18H,1-3H3. The van der Waals surface area contributed by atoms with Gasteiger partial charge in [0, 0.05) is 18.3 Å².